The van der Waals surface area contributed by atoms with Crippen LogP contribution >= 0.6 is 22.6 Å². The van der Waals surface area contributed by atoms with Gasteiger partial charge in [-0.1, -0.05) is 24.6 Å². The van der Waals surface area contributed by atoms with Crippen LogP contribution in [0.5, 0.6) is 0 Å². The second-order valence-corrected chi connectivity index (χ2v) is 9.92. The van der Waals surface area contributed by atoms with Crippen molar-refractivity contribution in [3.8, 4) is 0 Å². The molecule has 1 aliphatic heterocycles. The highest BCUT2D eigenvalue weighted by atomic mass is 127. The van der Waals surface area contributed by atoms with Crippen LogP contribution in [0, 0.1) is 10.5 Å². The molecule has 0 radical (unpaired) electrons. The molecule has 1 fully saturated rings. The van der Waals surface area contributed by atoms with Gasteiger partial charge in [0.2, 0.25) is 10.0 Å². The molecule has 0 saturated carbocycles. The van der Waals surface area contributed by atoms with Crippen LogP contribution in [0.3, 0.4) is 0 Å². The van der Waals surface area contributed by atoms with Crippen molar-refractivity contribution in [3.05, 3.63) is 57.2 Å². The van der Waals surface area contributed by atoms with Crippen molar-refractivity contribution in [2.45, 2.75) is 44.0 Å². The standard InChI is InChI=1S/C20H23IN2O3S/c1-14-10-11-16(27(25,26)23-12-6-5-7-15(23)2)13-17(14)20(24)22-19-9-4-3-8-18(19)21/h3-4,8-11,13,15H,5-7,12H2,1-2H3,(H,22,24). The van der Waals surface area contributed by atoms with E-state index in [1.165, 1.54) is 6.07 Å². The van der Waals surface area contributed by atoms with Crippen molar-refractivity contribution >= 4 is 44.2 Å². The van der Waals surface area contributed by atoms with Crippen LogP contribution in [0.15, 0.2) is 47.4 Å². The molecular formula is C20H23IN2O3S. The molecule has 3 rings (SSSR count). The highest BCUT2D eigenvalue weighted by Crippen LogP contribution is 2.27. The van der Waals surface area contributed by atoms with Crippen molar-refractivity contribution in [2.24, 2.45) is 0 Å². The van der Waals surface area contributed by atoms with E-state index in [0.29, 0.717) is 17.8 Å². The summed E-state index contributed by atoms with van der Waals surface area (Å²) in [4.78, 5) is 13.0. The number of anilines is 1. The lowest BCUT2D eigenvalue weighted by Crippen LogP contribution is -2.42. The van der Waals surface area contributed by atoms with E-state index in [1.807, 2.05) is 38.1 Å². The summed E-state index contributed by atoms with van der Waals surface area (Å²) in [6, 6.07) is 12.2. The van der Waals surface area contributed by atoms with Gasteiger partial charge in [-0.25, -0.2) is 8.42 Å². The second-order valence-electron chi connectivity index (χ2n) is 6.87. The predicted molar refractivity (Wildman–Crippen MR) is 115 cm³/mol. The number of amides is 1. The van der Waals surface area contributed by atoms with Crippen LogP contribution in [-0.4, -0.2) is 31.2 Å². The van der Waals surface area contributed by atoms with Gasteiger partial charge < -0.3 is 5.32 Å². The van der Waals surface area contributed by atoms with E-state index < -0.39 is 10.0 Å². The summed E-state index contributed by atoms with van der Waals surface area (Å²) in [5.41, 5.74) is 1.82. The molecule has 7 heteroatoms. The van der Waals surface area contributed by atoms with E-state index in [1.54, 1.807) is 16.4 Å². The van der Waals surface area contributed by atoms with E-state index in [2.05, 4.69) is 27.9 Å². The normalized spacial score (nSPS) is 18.3. The molecule has 144 valence electrons. The lowest BCUT2D eigenvalue weighted by atomic mass is 10.1. The summed E-state index contributed by atoms with van der Waals surface area (Å²) in [6.45, 7) is 4.28. The fourth-order valence-corrected chi connectivity index (χ4v) is 5.57. The van der Waals surface area contributed by atoms with E-state index in [-0.39, 0.29) is 16.8 Å². The number of hydrogen-bond acceptors (Lipinski definition) is 3. The van der Waals surface area contributed by atoms with Crippen LogP contribution in [0.25, 0.3) is 0 Å². The summed E-state index contributed by atoms with van der Waals surface area (Å²) in [5.74, 6) is -0.305. The number of carbonyl (C=O) groups is 1. The van der Waals surface area contributed by atoms with Crippen LogP contribution in [0.1, 0.15) is 42.1 Å². The van der Waals surface area contributed by atoms with Crippen molar-refractivity contribution in [2.75, 3.05) is 11.9 Å². The summed E-state index contributed by atoms with van der Waals surface area (Å²) in [5, 5.41) is 2.88. The largest absolute Gasteiger partial charge is 0.321 e. The van der Waals surface area contributed by atoms with E-state index in [4.69, 9.17) is 0 Å². The minimum atomic E-state index is -3.61. The molecule has 1 unspecified atom stereocenters. The number of halogens is 1. The molecular weight excluding hydrogens is 475 g/mol. The third-order valence-corrected chi connectivity index (χ3v) is 7.87. The lowest BCUT2D eigenvalue weighted by molar-refractivity contribution is 0.102. The summed E-state index contributed by atoms with van der Waals surface area (Å²) >= 11 is 2.16. The van der Waals surface area contributed by atoms with Gasteiger partial charge >= 0.3 is 0 Å². The van der Waals surface area contributed by atoms with Crippen molar-refractivity contribution in [1.82, 2.24) is 4.31 Å². The molecule has 0 bridgehead atoms. The second kappa shape index (κ2) is 8.28. The molecule has 0 aromatic heterocycles. The predicted octanol–water partition coefficient (Wildman–Crippen LogP) is 4.42. The lowest BCUT2D eigenvalue weighted by Gasteiger charge is -2.32. The molecule has 0 aliphatic carbocycles. The summed E-state index contributed by atoms with van der Waals surface area (Å²) < 4.78 is 28.7. The number of aryl methyl sites for hydroxylation is 1. The number of rotatable bonds is 4. The Hall–Kier alpha value is -1.45. The molecule has 27 heavy (non-hydrogen) atoms. The average molecular weight is 498 g/mol. The Labute approximate surface area is 174 Å². The molecule has 0 spiro atoms. The van der Waals surface area contributed by atoms with Crippen molar-refractivity contribution in [3.63, 3.8) is 0 Å². The maximum absolute atomic E-state index is 13.1. The minimum absolute atomic E-state index is 0.0202. The maximum Gasteiger partial charge on any atom is 0.256 e. The van der Waals surface area contributed by atoms with Gasteiger partial charge in [0.05, 0.1) is 10.6 Å². The molecule has 5 nitrogen and oxygen atoms in total. The van der Waals surface area contributed by atoms with Crippen LogP contribution < -0.4 is 5.32 Å². The van der Waals surface area contributed by atoms with Crippen molar-refractivity contribution < 1.29 is 13.2 Å². The molecule has 1 amide bonds. The van der Waals surface area contributed by atoms with Crippen LogP contribution in [0.2, 0.25) is 0 Å². The van der Waals surface area contributed by atoms with Gasteiger partial charge in [0.25, 0.3) is 5.91 Å². The van der Waals surface area contributed by atoms with Gasteiger partial charge in [-0.15, -0.1) is 0 Å². The number of sulfonamides is 1. The molecule has 1 atom stereocenters. The van der Waals surface area contributed by atoms with Gasteiger partial charge in [0, 0.05) is 21.7 Å². The van der Waals surface area contributed by atoms with Gasteiger partial charge in [0.1, 0.15) is 0 Å². The zero-order valence-electron chi connectivity index (χ0n) is 15.4. The SMILES string of the molecule is Cc1ccc(S(=O)(=O)N2CCCCC2C)cc1C(=O)Nc1ccccc1I. The van der Waals surface area contributed by atoms with E-state index in [9.17, 15) is 13.2 Å². The number of para-hydroxylation sites is 1. The number of hydrogen-bond donors (Lipinski definition) is 1. The fraction of sp³-hybridized carbons (Fsp3) is 0.350. The third-order valence-electron chi connectivity index (χ3n) is 4.92. The highest BCUT2D eigenvalue weighted by molar-refractivity contribution is 14.1. The zero-order chi connectivity index (χ0) is 19.6. The van der Waals surface area contributed by atoms with Crippen LogP contribution in [0.4, 0.5) is 5.69 Å². The van der Waals surface area contributed by atoms with Gasteiger partial charge in [-0.05, 0) is 79.1 Å². The minimum Gasteiger partial charge on any atom is -0.321 e. The Morgan fingerprint density at radius 1 is 1.19 bits per heavy atom. The number of nitrogens with one attached hydrogen (secondary N) is 1. The Balaban J connectivity index is 1.92. The molecule has 1 aliphatic rings. The third kappa shape index (κ3) is 4.35. The molecule has 1 heterocycles. The Morgan fingerprint density at radius 2 is 1.93 bits per heavy atom. The molecule has 1 saturated heterocycles. The first kappa shape index (κ1) is 20.3. The van der Waals surface area contributed by atoms with Gasteiger partial charge in [0.15, 0.2) is 0 Å². The molecule has 2 aromatic rings. The summed E-state index contributed by atoms with van der Waals surface area (Å²) in [6.07, 6.45) is 2.78. The van der Waals surface area contributed by atoms with E-state index >= 15 is 0 Å². The summed E-state index contributed by atoms with van der Waals surface area (Å²) in [7, 11) is -3.61. The van der Waals surface area contributed by atoms with Crippen LogP contribution in [-0.2, 0) is 10.0 Å². The monoisotopic (exact) mass is 498 g/mol. The first-order valence-corrected chi connectivity index (χ1v) is 11.5. The number of piperidine rings is 1. The quantitative estimate of drug-likeness (QED) is 0.636. The Kier molecular flexibility index (Phi) is 6.22. The zero-order valence-corrected chi connectivity index (χ0v) is 18.4. The molecule has 1 N–H and O–H groups in total. The van der Waals surface area contributed by atoms with Crippen molar-refractivity contribution in [1.29, 1.82) is 0 Å². The Morgan fingerprint density at radius 3 is 2.63 bits per heavy atom. The highest BCUT2D eigenvalue weighted by Gasteiger charge is 2.31. The van der Waals surface area contributed by atoms with Gasteiger partial charge in [-0.3, -0.25) is 4.79 Å². The number of carbonyl (C=O) groups excluding carboxylic acids is 1. The number of nitrogens with zero attached hydrogens (tertiary/aromatic N) is 1. The number of benzene rings is 2. The first-order valence-electron chi connectivity index (χ1n) is 8.99. The smallest absolute Gasteiger partial charge is 0.256 e. The van der Waals surface area contributed by atoms with Gasteiger partial charge in [-0.2, -0.15) is 4.31 Å². The van der Waals surface area contributed by atoms with E-state index in [0.717, 1.165) is 28.4 Å². The fourth-order valence-electron chi connectivity index (χ4n) is 3.32. The average Bonchev–Trinajstić information content (AvgIpc) is 2.64. The topological polar surface area (TPSA) is 66.5 Å². The maximum atomic E-state index is 13.1. The Bertz CT molecular complexity index is 959. The first-order chi connectivity index (χ1) is 12.8. The molecule has 2 aromatic carbocycles.